The Kier molecular flexibility index (Phi) is 5.49. The Bertz CT molecular complexity index is 545. The van der Waals surface area contributed by atoms with E-state index in [9.17, 15) is 9.59 Å². The van der Waals surface area contributed by atoms with Gasteiger partial charge >= 0.3 is 5.97 Å². The van der Waals surface area contributed by atoms with Gasteiger partial charge in [0, 0.05) is 12.6 Å². The molecule has 2 unspecified atom stereocenters. The maximum absolute atomic E-state index is 12.2. The summed E-state index contributed by atoms with van der Waals surface area (Å²) in [4.78, 5) is 27.0. The Morgan fingerprint density at radius 1 is 1.41 bits per heavy atom. The number of carboxylic acid groups (broad SMARTS) is 1. The van der Waals surface area contributed by atoms with Gasteiger partial charge in [-0.15, -0.1) is 0 Å². The van der Waals surface area contributed by atoms with Crippen LogP contribution in [0, 0.1) is 5.92 Å². The van der Waals surface area contributed by atoms with E-state index in [0.29, 0.717) is 12.5 Å². The van der Waals surface area contributed by atoms with Gasteiger partial charge in [0.15, 0.2) is 0 Å². The maximum atomic E-state index is 12.2. The summed E-state index contributed by atoms with van der Waals surface area (Å²) in [7, 11) is 0. The molecule has 1 aromatic heterocycles. The summed E-state index contributed by atoms with van der Waals surface area (Å²) in [6, 6.07) is 4.45. The molecule has 2 atom stereocenters. The molecule has 2 N–H and O–H groups in total. The third-order valence-electron chi connectivity index (χ3n) is 3.64. The van der Waals surface area contributed by atoms with Gasteiger partial charge in [-0.1, -0.05) is 19.9 Å². The van der Waals surface area contributed by atoms with Crippen LogP contribution in [0.3, 0.4) is 0 Å². The maximum Gasteiger partial charge on any atom is 0.354 e. The number of carbonyl (C=O) groups is 2. The van der Waals surface area contributed by atoms with Gasteiger partial charge in [-0.2, -0.15) is 0 Å². The van der Waals surface area contributed by atoms with Crippen LogP contribution in [0.5, 0.6) is 0 Å². The number of nitrogens with one attached hydrogen (secondary N) is 1. The Labute approximate surface area is 129 Å². The smallest absolute Gasteiger partial charge is 0.354 e. The largest absolute Gasteiger partial charge is 0.477 e. The van der Waals surface area contributed by atoms with Crippen LogP contribution < -0.4 is 5.32 Å². The van der Waals surface area contributed by atoms with E-state index < -0.39 is 5.97 Å². The molecule has 120 valence electrons. The highest BCUT2D eigenvalue weighted by Crippen LogP contribution is 2.20. The summed E-state index contributed by atoms with van der Waals surface area (Å²) in [5.41, 5.74) is 0.00381. The molecule has 1 aliphatic heterocycles. The second kappa shape index (κ2) is 7.35. The topological polar surface area (TPSA) is 88.5 Å². The van der Waals surface area contributed by atoms with Crippen molar-refractivity contribution in [3.05, 3.63) is 29.6 Å². The Morgan fingerprint density at radius 2 is 2.14 bits per heavy atom. The fourth-order valence-corrected chi connectivity index (χ4v) is 2.64. The molecule has 0 saturated carbocycles. The van der Waals surface area contributed by atoms with Gasteiger partial charge in [0.1, 0.15) is 11.4 Å². The van der Waals surface area contributed by atoms with Crippen molar-refractivity contribution < 1.29 is 19.4 Å². The number of carboxylic acids is 1. The van der Waals surface area contributed by atoms with Gasteiger partial charge in [-0.05, 0) is 37.3 Å². The van der Waals surface area contributed by atoms with Crippen LogP contribution >= 0.6 is 0 Å². The molecule has 0 aliphatic carbocycles. The number of aromatic nitrogens is 1. The Morgan fingerprint density at radius 3 is 2.82 bits per heavy atom. The minimum atomic E-state index is -1.14. The number of pyridine rings is 1. The molecule has 6 heteroatoms. The lowest BCUT2D eigenvalue weighted by atomic mass is 9.96. The van der Waals surface area contributed by atoms with E-state index in [2.05, 4.69) is 24.1 Å². The van der Waals surface area contributed by atoms with Crippen molar-refractivity contribution in [3.8, 4) is 0 Å². The number of hydrogen-bond acceptors (Lipinski definition) is 4. The third kappa shape index (κ3) is 4.53. The van der Waals surface area contributed by atoms with Gasteiger partial charge in [0.25, 0.3) is 5.91 Å². The SMILES string of the molecule is CC(C)CC1CC(NC(=O)c2cccc(C(=O)O)n2)CCO1. The number of hydrogen-bond donors (Lipinski definition) is 2. The van der Waals surface area contributed by atoms with Crippen molar-refractivity contribution in [1.82, 2.24) is 10.3 Å². The molecule has 0 spiro atoms. The van der Waals surface area contributed by atoms with Crippen LogP contribution in [0.15, 0.2) is 18.2 Å². The monoisotopic (exact) mass is 306 g/mol. The van der Waals surface area contributed by atoms with Crippen molar-refractivity contribution in [2.45, 2.75) is 45.3 Å². The van der Waals surface area contributed by atoms with Crippen molar-refractivity contribution in [2.24, 2.45) is 5.92 Å². The second-order valence-electron chi connectivity index (χ2n) is 6.03. The van der Waals surface area contributed by atoms with Crippen LogP contribution in [0.2, 0.25) is 0 Å². The van der Waals surface area contributed by atoms with E-state index in [-0.39, 0.29) is 29.4 Å². The summed E-state index contributed by atoms with van der Waals surface area (Å²) in [6.45, 7) is 4.92. The normalized spacial score (nSPS) is 21.6. The Balaban J connectivity index is 1.96. The van der Waals surface area contributed by atoms with E-state index in [1.165, 1.54) is 18.2 Å². The van der Waals surface area contributed by atoms with Crippen LogP contribution in [0.1, 0.15) is 54.1 Å². The predicted molar refractivity (Wildman–Crippen MR) is 80.9 cm³/mol. The molecule has 1 amide bonds. The minimum Gasteiger partial charge on any atom is -0.477 e. The third-order valence-corrected chi connectivity index (χ3v) is 3.64. The number of nitrogens with zero attached hydrogens (tertiary/aromatic N) is 1. The summed E-state index contributed by atoms with van der Waals surface area (Å²) < 4.78 is 5.71. The van der Waals surface area contributed by atoms with Gasteiger partial charge in [-0.3, -0.25) is 4.79 Å². The number of amides is 1. The first-order valence-corrected chi connectivity index (χ1v) is 7.58. The van der Waals surface area contributed by atoms with Gasteiger partial charge in [-0.25, -0.2) is 9.78 Å². The fraction of sp³-hybridized carbons (Fsp3) is 0.562. The average molecular weight is 306 g/mol. The number of carbonyl (C=O) groups excluding carboxylic acids is 1. The number of ether oxygens (including phenoxy) is 1. The zero-order valence-corrected chi connectivity index (χ0v) is 12.9. The molecule has 2 rings (SSSR count). The fourth-order valence-electron chi connectivity index (χ4n) is 2.64. The predicted octanol–water partition coefficient (Wildman–Crippen LogP) is 2.10. The van der Waals surface area contributed by atoms with Crippen molar-refractivity contribution in [3.63, 3.8) is 0 Å². The molecular weight excluding hydrogens is 284 g/mol. The molecule has 2 heterocycles. The van der Waals surface area contributed by atoms with Crippen molar-refractivity contribution >= 4 is 11.9 Å². The summed E-state index contributed by atoms with van der Waals surface area (Å²) in [5.74, 6) is -0.927. The van der Waals surface area contributed by atoms with Crippen molar-refractivity contribution in [1.29, 1.82) is 0 Å². The lowest BCUT2D eigenvalue weighted by Gasteiger charge is -2.31. The molecule has 0 aromatic carbocycles. The first kappa shape index (κ1) is 16.4. The first-order valence-electron chi connectivity index (χ1n) is 7.58. The molecule has 22 heavy (non-hydrogen) atoms. The van der Waals surface area contributed by atoms with E-state index >= 15 is 0 Å². The molecule has 6 nitrogen and oxygen atoms in total. The molecule has 1 aliphatic rings. The molecular formula is C16H22N2O4. The zero-order chi connectivity index (χ0) is 16.1. The first-order chi connectivity index (χ1) is 10.5. The van der Waals surface area contributed by atoms with E-state index in [0.717, 1.165) is 19.3 Å². The van der Waals surface area contributed by atoms with E-state index in [1.54, 1.807) is 0 Å². The van der Waals surface area contributed by atoms with Gasteiger partial charge < -0.3 is 15.2 Å². The van der Waals surface area contributed by atoms with Gasteiger partial charge in [0.2, 0.25) is 0 Å². The van der Waals surface area contributed by atoms with Crippen LogP contribution in [-0.2, 0) is 4.74 Å². The Hall–Kier alpha value is -1.95. The highest BCUT2D eigenvalue weighted by Gasteiger charge is 2.25. The number of aromatic carboxylic acids is 1. The molecule has 1 fully saturated rings. The van der Waals surface area contributed by atoms with Crippen molar-refractivity contribution in [2.75, 3.05) is 6.61 Å². The highest BCUT2D eigenvalue weighted by atomic mass is 16.5. The number of rotatable bonds is 5. The van der Waals surface area contributed by atoms with Crippen LogP contribution in [-0.4, -0.2) is 40.7 Å². The quantitative estimate of drug-likeness (QED) is 0.869. The molecule has 1 aromatic rings. The van der Waals surface area contributed by atoms with Crippen LogP contribution in [0.25, 0.3) is 0 Å². The molecule has 0 bridgehead atoms. The lowest BCUT2D eigenvalue weighted by Crippen LogP contribution is -2.42. The van der Waals surface area contributed by atoms with Gasteiger partial charge in [0.05, 0.1) is 6.10 Å². The van der Waals surface area contributed by atoms with Crippen LogP contribution in [0.4, 0.5) is 0 Å². The molecule has 0 radical (unpaired) electrons. The standard InChI is InChI=1S/C16H22N2O4/c1-10(2)8-12-9-11(6-7-22-12)17-15(19)13-4-3-5-14(18-13)16(20)21/h3-5,10-12H,6-9H2,1-2H3,(H,17,19)(H,20,21). The summed E-state index contributed by atoms with van der Waals surface area (Å²) in [6.07, 6.45) is 2.68. The second-order valence-corrected chi connectivity index (χ2v) is 6.03. The van der Waals surface area contributed by atoms with E-state index in [1.807, 2.05) is 0 Å². The highest BCUT2D eigenvalue weighted by molar-refractivity contribution is 5.94. The average Bonchev–Trinajstić information content (AvgIpc) is 2.47. The lowest BCUT2D eigenvalue weighted by molar-refractivity contribution is -0.00849. The summed E-state index contributed by atoms with van der Waals surface area (Å²) in [5, 5.41) is 11.9. The zero-order valence-electron chi connectivity index (χ0n) is 12.9. The summed E-state index contributed by atoms with van der Waals surface area (Å²) >= 11 is 0. The van der Waals surface area contributed by atoms with E-state index in [4.69, 9.17) is 9.84 Å². The minimum absolute atomic E-state index is 0.0419. The molecule has 1 saturated heterocycles.